The van der Waals surface area contributed by atoms with Gasteiger partial charge in [-0.25, -0.2) is 0 Å². The highest BCUT2D eigenvalue weighted by Crippen LogP contribution is 2.18. The Bertz CT molecular complexity index is 580. The zero-order valence-electron chi connectivity index (χ0n) is 16.2. The van der Waals surface area contributed by atoms with Crippen LogP contribution in [0.2, 0.25) is 0 Å². The molecule has 0 spiro atoms. The summed E-state index contributed by atoms with van der Waals surface area (Å²) in [6, 6.07) is 8.26. The van der Waals surface area contributed by atoms with Gasteiger partial charge in [-0.05, 0) is 49.3 Å². The molecule has 1 aromatic rings. The van der Waals surface area contributed by atoms with Crippen LogP contribution in [0.4, 0.5) is 0 Å². The van der Waals surface area contributed by atoms with Crippen LogP contribution in [0.15, 0.2) is 29.3 Å². The number of rotatable bonds is 10. The number of hydrogen-bond donors (Lipinski definition) is 3. The van der Waals surface area contributed by atoms with E-state index >= 15 is 0 Å². The Morgan fingerprint density at radius 2 is 1.88 bits per heavy atom. The third kappa shape index (κ3) is 8.23. The number of hydrogen-bond acceptors (Lipinski definition) is 3. The SMILES string of the molecule is CN=C(NCCc1ccc(OCC(=O)NC2CC2)cc1)NCCC(C)C. The average Bonchev–Trinajstić information content (AvgIpc) is 3.43. The molecular weight excluding hydrogens is 328 g/mol. The summed E-state index contributed by atoms with van der Waals surface area (Å²) in [5.74, 6) is 2.20. The van der Waals surface area contributed by atoms with Gasteiger partial charge in [0.2, 0.25) is 0 Å². The fourth-order valence-electron chi connectivity index (χ4n) is 2.42. The zero-order valence-corrected chi connectivity index (χ0v) is 16.2. The summed E-state index contributed by atoms with van der Waals surface area (Å²) in [7, 11) is 1.79. The van der Waals surface area contributed by atoms with Crippen molar-refractivity contribution in [3.63, 3.8) is 0 Å². The fraction of sp³-hybridized carbons (Fsp3) is 0.600. The first-order valence-corrected chi connectivity index (χ1v) is 9.52. The molecule has 6 nitrogen and oxygen atoms in total. The van der Waals surface area contributed by atoms with Gasteiger partial charge in [0.15, 0.2) is 12.6 Å². The lowest BCUT2D eigenvalue weighted by molar-refractivity contribution is -0.123. The summed E-state index contributed by atoms with van der Waals surface area (Å²) in [6.45, 7) is 6.24. The molecule has 1 saturated carbocycles. The minimum atomic E-state index is -0.0443. The van der Waals surface area contributed by atoms with Gasteiger partial charge < -0.3 is 20.7 Å². The number of nitrogens with zero attached hydrogens (tertiary/aromatic N) is 1. The summed E-state index contributed by atoms with van der Waals surface area (Å²) in [6.07, 6.45) is 4.20. The van der Waals surface area contributed by atoms with E-state index in [-0.39, 0.29) is 12.5 Å². The van der Waals surface area contributed by atoms with Crippen LogP contribution in [-0.4, -0.2) is 44.7 Å². The highest BCUT2D eigenvalue weighted by molar-refractivity contribution is 5.79. The third-order valence-electron chi connectivity index (χ3n) is 4.18. The standard InChI is InChI=1S/C20H32N4O2/c1-15(2)10-12-22-20(21-3)23-13-11-16-4-8-18(9-5-16)26-14-19(25)24-17-6-7-17/h4-5,8-9,15,17H,6-7,10-14H2,1-3H3,(H,24,25)(H2,21,22,23). The molecule has 0 unspecified atom stereocenters. The minimum absolute atomic E-state index is 0.0443. The van der Waals surface area contributed by atoms with Crippen LogP contribution in [0.1, 0.15) is 38.7 Å². The first kappa shape index (κ1) is 20.1. The molecule has 6 heteroatoms. The number of ether oxygens (including phenoxy) is 1. The number of carbonyl (C=O) groups is 1. The molecule has 3 N–H and O–H groups in total. The Labute approximate surface area is 156 Å². The predicted octanol–water partition coefficient (Wildman–Crippen LogP) is 2.10. The van der Waals surface area contributed by atoms with E-state index in [0.717, 1.165) is 50.5 Å². The van der Waals surface area contributed by atoms with Crippen LogP contribution in [0.5, 0.6) is 5.75 Å². The van der Waals surface area contributed by atoms with Crippen LogP contribution in [0, 0.1) is 5.92 Å². The monoisotopic (exact) mass is 360 g/mol. The second-order valence-electron chi connectivity index (χ2n) is 7.13. The quantitative estimate of drug-likeness (QED) is 0.441. The number of aliphatic imine (C=N–C) groups is 1. The molecule has 1 amide bonds. The number of guanidine groups is 1. The van der Waals surface area contributed by atoms with Gasteiger partial charge in [-0.1, -0.05) is 26.0 Å². The number of amides is 1. The van der Waals surface area contributed by atoms with Crippen molar-refractivity contribution in [3.05, 3.63) is 29.8 Å². The highest BCUT2D eigenvalue weighted by atomic mass is 16.5. The first-order valence-electron chi connectivity index (χ1n) is 9.52. The van der Waals surface area contributed by atoms with Gasteiger partial charge in [-0.3, -0.25) is 9.79 Å². The van der Waals surface area contributed by atoms with E-state index < -0.39 is 0 Å². The van der Waals surface area contributed by atoms with Crippen LogP contribution in [0.25, 0.3) is 0 Å². The van der Waals surface area contributed by atoms with Crippen molar-refractivity contribution in [1.82, 2.24) is 16.0 Å². The zero-order chi connectivity index (χ0) is 18.8. The molecule has 0 atom stereocenters. The molecule has 1 aliphatic rings. The molecule has 0 aromatic heterocycles. The average molecular weight is 361 g/mol. The number of carbonyl (C=O) groups excluding carboxylic acids is 1. The van der Waals surface area contributed by atoms with E-state index in [4.69, 9.17) is 4.74 Å². The number of benzene rings is 1. The van der Waals surface area contributed by atoms with Gasteiger partial charge in [0, 0.05) is 26.2 Å². The molecule has 0 radical (unpaired) electrons. The van der Waals surface area contributed by atoms with E-state index in [9.17, 15) is 4.79 Å². The predicted molar refractivity (Wildman–Crippen MR) is 106 cm³/mol. The van der Waals surface area contributed by atoms with Crippen molar-refractivity contribution in [2.24, 2.45) is 10.9 Å². The molecule has 144 valence electrons. The molecule has 0 heterocycles. The lowest BCUT2D eigenvalue weighted by Crippen LogP contribution is -2.39. The van der Waals surface area contributed by atoms with Crippen LogP contribution >= 0.6 is 0 Å². The summed E-state index contributed by atoms with van der Waals surface area (Å²) in [4.78, 5) is 15.9. The second kappa shape index (κ2) is 10.7. The summed E-state index contributed by atoms with van der Waals surface area (Å²) in [5, 5.41) is 9.56. The molecule has 26 heavy (non-hydrogen) atoms. The summed E-state index contributed by atoms with van der Waals surface area (Å²) in [5.41, 5.74) is 1.21. The normalized spacial score (nSPS) is 14.2. The van der Waals surface area contributed by atoms with E-state index in [2.05, 4.69) is 34.8 Å². The highest BCUT2D eigenvalue weighted by Gasteiger charge is 2.23. The van der Waals surface area contributed by atoms with Crippen molar-refractivity contribution in [1.29, 1.82) is 0 Å². The maximum absolute atomic E-state index is 11.6. The largest absolute Gasteiger partial charge is 0.484 e. The lowest BCUT2D eigenvalue weighted by Gasteiger charge is -2.13. The molecule has 2 rings (SSSR count). The Kier molecular flexibility index (Phi) is 8.25. The third-order valence-corrected chi connectivity index (χ3v) is 4.18. The molecule has 1 fully saturated rings. The molecule has 0 saturated heterocycles. The summed E-state index contributed by atoms with van der Waals surface area (Å²) < 4.78 is 5.52. The van der Waals surface area contributed by atoms with Crippen molar-refractivity contribution >= 4 is 11.9 Å². The fourth-order valence-corrected chi connectivity index (χ4v) is 2.42. The van der Waals surface area contributed by atoms with E-state index in [1.807, 2.05) is 24.3 Å². The van der Waals surface area contributed by atoms with Gasteiger partial charge >= 0.3 is 0 Å². The Morgan fingerprint density at radius 3 is 2.50 bits per heavy atom. The molecule has 0 aliphatic heterocycles. The Morgan fingerprint density at radius 1 is 1.19 bits per heavy atom. The minimum Gasteiger partial charge on any atom is -0.484 e. The van der Waals surface area contributed by atoms with Crippen LogP contribution in [-0.2, 0) is 11.2 Å². The van der Waals surface area contributed by atoms with Crippen molar-refractivity contribution in [3.8, 4) is 5.75 Å². The van der Waals surface area contributed by atoms with Crippen molar-refractivity contribution < 1.29 is 9.53 Å². The van der Waals surface area contributed by atoms with Crippen LogP contribution < -0.4 is 20.7 Å². The Hall–Kier alpha value is -2.24. The molecule has 1 aliphatic carbocycles. The van der Waals surface area contributed by atoms with Gasteiger partial charge in [0.05, 0.1) is 0 Å². The molecular formula is C20H32N4O2. The van der Waals surface area contributed by atoms with E-state index in [0.29, 0.717) is 12.0 Å². The Balaban J connectivity index is 1.63. The van der Waals surface area contributed by atoms with E-state index in [1.165, 1.54) is 5.56 Å². The van der Waals surface area contributed by atoms with Gasteiger partial charge in [0.25, 0.3) is 5.91 Å². The number of nitrogens with one attached hydrogen (secondary N) is 3. The molecule has 0 bridgehead atoms. The maximum atomic E-state index is 11.6. The second-order valence-corrected chi connectivity index (χ2v) is 7.13. The first-order chi connectivity index (χ1) is 12.6. The van der Waals surface area contributed by atoms with Gasteiger partial charge in [-0.2, -0.15) is 0 Å². The van der Waals surface area contributed by atoms with E-state index in [1.54, 1.807) is 7.05 Å². The van der Waals surface area contributed by atoms with Crippen molar-refractivity contribution in [2.75, 3.05) is 26.7 Å². The maximum Gasteiger partial charge on any atom is 0.258 e. The van der Waals surface area contributed by atoms with Gasteiger partial charge in [-0.15, -0.1) is 0 Å². The smallest absolute Gasteiger partial charge is 0.258 e. The molecule has 1 aromatic carbocycles. The lowest BCUT2D eigenvalue weighted by atomic mass is 10.1. The van der Waals surface area contributed by atoms with Crippen molar-refractivity contribution in [2.45, 2.75) is 45.6 Å². The van der Waals surface area contributed by atoms with Crippen LogP contribution in [0.3, 0.4) is 0 Å². The van der Waals surface area contributed by atoms with Gasteiger partial charge in [0.1, 0.15) is 5.75 Å². The summed E-state index contributed by atoms with van der Waals surface area (Å²) >= 11 is 0. The topological polar surface area (TPSA) is 74.8 Å².